The average molecular weight is 454 g/mol. The molecule has 0 amide bonds. The van der Waals surface area contributed by atoms with E-state index in [0.29, 0.717) is 5.03 Å². The number of aromatic nitrogens is 2. The minimum absolute atomic E-state index is 0. The van der Waals surface area contributed by atoms with Crippen molar-refractivity contribution in [1.82, 2.24) is 14.7 Å². The average Bonchev–Trinajstić information content (AvgIpc) is 2.95. The minimum atomic E-state index is -1.11. The molecule has 1 aliphatic heterocycles. The molecule has 1 N–H and O–H groups in total. The summed E-state index contributed by atoms with van der Waals surface area (Å²) in [5.74, 6) is 0.955. The molecule has 1 aromatic carbocycles. The Hall–Kier alpha value is -0.280. The third kappa shape index (κ3) is 4.72. The number of rotatable bonds is 3. The number of piperidine rings is 1. The molecule has 4 rings (SSSR count). The van der Waals surface area contributed by atoms with E-state index in [2.05, 4.69) is 56.5 Å². The number of aryl methyl sites for hydroxylation is 1. The number of hydrogen-bond acceptors (Lipinski definition) is 6. The van der Waals surface area contributed by atoms with E-state index < -0.39 is 11.4 Å². The topological polar surface area (TPSA) is 64.1 Å². The molecule has 5 nitrogen and oxygen atoms in total. The number of nitrogens with one attached hydrogen (secondary N) is 1. The van der Waals surface area contributed by atoms with E-state index in [1.54, 1.807) is 6.20 Å². The van der Waals surface area contributed by atoms with Crippen molar-refractivity contribution in [2.45, 2.75) is 62.8 Å². The van der Waals surface area contributed by atoms with Crippen LogP contribution in [0.4, 0.5) is 5.82 Å². The second-order valence-electron chi connectivity index (χ2n) is 9.29. The first-order chi connectivity index (χ1) is 13.7. The monoisotopic (exact) mass is 453 g/mol. The van der Waals surface area contributed by atoms with Gasteiger partial charge in [-0.05, 0) is 58.1 Å². The van der Waals surface area contributed by atoms with E-state index in [1.807, 2.05) is 27.7 Å². The predicted octanol–water partition coefficient (Wildman–Crippen LogP) is 3.63. The van der Waals surface area contributed by atoms with Gasteiger partial charge in [-0.3, -0.25) is 0 Å². The summed E-state index contributed by atoms with van der Waals surface area (Å²) in [6, 6.07) is 8.76. The fourth-order valence-electron chi connectivity index (χ4n) is 4.66. The molecular formula is C22H30N4NaOS2. The van der Waals surface area contributed by atoms with Gasteiger partial charge in [-0.1, -0.05) is 24.3 Å². The van der Waals surface area contributed by atoms with Crippen LogP contribution in [0.25, 0.3) is 0 Å². The zero-order chi connectivity index (χ0) is 20.8. The van der Waals surface area contributed by atoms with Crippen LogP contribution in [-0.2, 0) is 17.8 Å². The van der Waals surface area contributed by atoms with E-state index in [4.69, 9.17) is 0 Å². The van der Waals surface area contributed by atoms with Crippen LogP contribution in [0.2, 0.25) is 0 Å². The van der Waals surface area contributed by atoms with Crippen molar-refractivity contribution in [3.63, 3.8) is 0 Å². The van der Waals surface area contributed by atoms with Crippen LogP contribution in [0.5, 0.6) is 0 Å². The van der Waals surface area contributed by atoms with Crippen molar-refractivity contribution in [1.29, 1.82) is 0 Å². The molecule has 8 heteroatoms. The van der Waals surface area contributed by atoms with E-state index in [1.165, 1.54) is 11.1 Å². The quantitative estimate of drug-likeness (QED) is 0.422. The van der Waals surface area contributed by atoms with Gasteiger partial charge >= 0.3 is 0 Å². The molecule has 0 unspecified atom stereocenters. The molecule has 2 heterocycles. The van der Waals surface area contributed by atoms with Crippen molar-refractivity contribution in [3.8, 4) is 0 Å². The Morgan fingerprint density at radius 3 is 2.53 bits per heavy atom. The Morgan fingerprint density at radius 1 is 1.23 bits per heavy atom. The number of benzene rings is 1. The normalized spacial score (nSPS) is 21.3. The standard InChI is InChI=1S/C22H30N4OS2.Na/c1-15-20(23-14-18(28)24-15)26-11-9-22(10-12-26)13-16-7-5-6-8-17(16)19(22)25-29(27)21(2,3)4;/h5-8,14,19,25H,9-13H2,1-4H3,(H,24,28);/t19-,29-;/m1./s1. The van der Waals surface area contributed by atoms with Crippen molar-refractivity contribution in [3.05, 3.63) is 47.3 Å². The number of thiol groups is 1. The van der Waals surface area contributed by atoms with E-state index >= 15 is 0 Å². The number of hydrogen-bond donors (Lipinski definition) is 2. The second kappa shape index (κ2) is 9.30. The van der Waals surface area contributed by atoms with Crippen LogP contribution in [0.3, 0.4) is 0 Å². The van der Waals surface area contributed by atoms with Crippen molar-refractivity contribution < 1.29 is 4.55 Å². The molecule has 157 valence electrons. The SMILES string of the molecule is Cc1nc(S)cnc1N1CCC2(CC1)Cc1ccccc1[C@H]2N[S@+]([O-])C(C)(C)C.[Na]. The smallest absolute Gasteiger partial charge is 0.150 e. The molecule has 0 saturated carbocycles. The van der Waals surface area contributed by atoms with Crippen LogP contribution in [-0.4, -0.2) is 61.9 Å². The van der Waals surface area contributed by atoms with Crippen LogP contribution < -0.4 is 9.62 Å². The van der Waals surface area contributed by atoms with Gasteiger partial charge in [0.1, 0.15) is 15.6 Å². The summed E-state index contributed by atoms with van der Waals surface area (Å²) in [6.07, 6.45) is 4.82. The Bertz CT molecular complexity index is 897. The van der Waals surface area contributed by atoms with E-state index in [-0.39, 0.29) is 45.8 Å². The van der Waals surface area contributed by atoms with Crippen LogP contribution in [0.15, 0.2) is 35.5 Å². The van der Waals surface area contributed by atoms with E-state index in [0.717, 1.165) is 43.9 Å². The Kier molecular flexibility index (Phi) is 7.55. The van der Waals surface area contributed by atoms with Crippen LogP contribution in [0, 0.1) is 12.3 Å². The Labute approximate surface area is 210 Å². The Balaban J connectivity index is 0.00000256. The summed E-state index contributed by atoms with van der Waals surface area (Å²) in [6.45, 7) is 9.93. The maximum Gasteiger partial charge on any atom is 0.150 e. The van der Waals surface area contributed by atoms with Gasteiger partial charge in [0.25, 0.3) is 0 Å². The van der Waals surface area contributed by atoms with Gasteiger partial charge in [0.2, 0.25) is 0 Å². The maximum atomic E-state index is 13.0. The van der Waals surface area contributed by atoms with Crippen LogP contribution >= 0.6 is 12.6 Å². The molecule has 1 spiro atoms. The summed E-state index contributed by atoms with van der Waals surface area (Å²) in [7, 11) is 0. The van der Waals surface area contributed by atoms with Crippen molar-refractivity contribution >= 4 is 59.4 Å². The molecule has 2 aromatic rings. The largest absolute Gasteiger partial charge is 0.598 e. The summed E-state index contributed by atoms with van der Waals surface area (Å²) in [5.41, 5.74) is 3.71. The third-order valence-electron chi connectivity index (χ3n) is 6.27. The number of nitrogens with zero attached hydrogens (tertiary/aromatic N) is 3. The molecule has 1 aromatic heterocycles. The maximum absolute atomic E-state index is 13.0. The molecule has 0 bridgehead atoms. The number of anilines is 1. The summed E-state index contributed by atoms with van der Waals surface area (Å²) < 4.78 is 16.2. The Morgan fingerprint density at radius 2 is 1.90 bits per heavy atom. The molecule has 2 atom stereocenters. The zero-order valence-corrected chi connectivity index (χ0v) is 22.3. The van der Waals surface area contributed by atoms with Gasteiger partial charge < -0.3 is 9.45 Å². The van der Waals surface area contributed by atoms with Gasteiger partial charge in [0, 0.05) is 59.4 Å². The van der Waals surface area contributed by atoms with Gasteiger partial charge in [0.05, 0.1) is 17.9 Å². The molecular weight excluding hydrogens is 423 g/mol. The third-order valence-corrected chi connectivity index (χ3v) is 8.05. The van der Waals surface area contributed by atoms with Crippen LogP contribution in [0.1, 0.15) is 56.5 Å². The first kappa shape index (κ1) is 24.4. The molecule has 1 fully saturated rings. The number of fused-ring (bicyclic) bond motifs is 1. The van der Waals surface area contributed by atoms with Gasteiger partial charge in [0.15, 0.2) is 0 Å². The fourth-order valence-corrected chi connectivity index (χ4v) is 5.82. The molecule has 1 saturated heterocycles. The van der Waals surface area contributed by atoms with Gasteiger partial charge in [-0.2, -0.15) is 0 Å². The fraction of sp³-hybridized carbons (Fsp3) is 0.545. The second-order valence-corrected chi connectivity index (χ2v) is 11.8. The van der Waals surface area contributed by atoms with Gasteiger partial charge in [-0.15, -0.1) is 17.4 Å². The van der Waals surface area contributed by atoms with Gasteiger partial charge in [-0.25, -0.2) is 9.97 Å². The molecule has 1 radical (unpaired) electrons. The van der Waals surface area contributed by atoms with E-state index in [9.17, 15) is 4.55 Å². The zero-order valence-electron chi connectivity index (χ0n) is 18.6. The van der Waals surface area contributed by atoms with Crippen molar-refractivity contribution in [2.24, 2.45) is 5.41 Å². The first-order valence-corrected chi connectivity index (χ1v) is 11.8. The summed E-state index contributed by atoms with van der Waals surface area (Å²) in [5, 5.41) is 0.653. The molecule has 30 heavy (non-hydrogen) atoms. The summed E-state index contributed by atoms with van der Waals surface area (Å²) in [4.78, 5) is 11.4. The first-order valence-electron chi connectivity index (χ1n) is 10.2. The minimum Gasteiger partial charge on any atom is -0.598 e. The molecule has 1 aliphatic carbocycles. The predicted molar refractivity (Wildman–Crippen MR) is 128 cm³/mol. The van der Waals surface area contributed by atoms with Crippen molar-refractivity contribution in [2.75, 3.05) is 18.0 Å². The summed E-state index contributed by atoms with van der Waals surface area (Å²) >= 11 is 3.19. The molecule has 2 aliphatic rings.